The molecule has 0 atom stereocenters. The van der Waals surface area contributed by atoms with Crippen molar-refractivity contribution in [1.29, 1.82) is 0 Å². The van der Waals surface area contributed by atoms with E-state index in [9.17, 15) is 14.4 Å². The Hall–Kier alpha value is -4.71. The van der Waals surface area contributed by atoms with E-state index in [1.165, 1.54) is 0 Å². The van der Waals surface area contributed by atoms with Crippen LogP contribution >= 0.6 is 0 Å². The zero-order valence-corrected chi connectivity index (χ0v) is 21.1. The monoisotopic (exact) mass is 496 g/mol. The lowest BCUT2D eigenvalue weighted by atomic mass is 9.98. The first kappa shape index (κ1) is 26.9. The highest BCUT2D eigenvalue weighted by Crippen LogP contribution is 2.33. The fourth-order valence-electron chi connectivity index (χ4n) is 3.19. The number of allylic oxidation sites excluding steroid dienone is 1. The van der Waals surface area contributed by atoms with Gasteiger partial charge in [0.25, 0.3) is 0 Å². The summed E-state index contributed by atoms with van der Waals surface area (Å²) < 4.78 is 16.4. The molecule has 0 unspecified atom stereocenters. The highest BCUT2D eigenvalue weighted by Gasteiger charge is 2.15. The van der Waals surface area contributed by atoms with E-state index >= 15 is 0 Å². The van der Waals surface area contributed by atoms with Crippen LogP contribution in [0.5, 0.6) is 17.2 Å². The van der Waals surface area contributed by atoms with Crippen LogP contribution in [0.15, 0.2) is 103 Å². The number of rotatable bonds is 10. The van der Waals surface area contributed by atoms with Crippen LogP contribution in [0, 0.1) is 0 Å². The first-order valence-corrected chi connectivity index (χ1v) is 11.6. The second-order valence-electron chi connectivity index (χ2n) is 8.31. The Morgan fingerprint density at radius 3 is 1.78 bits per heavy atom. The standard InChI is InChI=1S/C31H28O6/c1-6-7-18-35-28-19-24(29(32)23-10-15-26(16-11-23)37-31(34)21(4)5)12-17-27(28)22-8-13-25(14-9-22)36-30(33)20(2)3/h6-17,19H,2,4,18H2,1,3,5H3/b7-6+. The van der Waals surface area contributed by atoms with Crippen molar-refractivity contribution in [3.63, 3.8) is 0 Å². The molecule has 0 saturated carbocycles. The molecule has 3 rings (SSSR count). The molecule has 188 valence electrons. The average molecular weight is 497 g/mol. The van der Waals surface area contributed by atoms with E-state index < -0.39 is 11.9 Å². The van der Waals surface area contributed by atoms with E-state index in [1.807, 2.05) is 37.3 Å². The molecular weight excluding hydrogens is 468 g/mol. The molecule has 6 heteroatoms. The number of benzene rings is 3. The fourth-order valence-corrected chi connectivity index (χ4v) is 3.19. The molecule has 0 heterocycles. The number of carbonyl (C=O) groups is 3. The predicted molar refractivity (Wildman–Crippen MR) is 143 cm³/mol. The zero-order chi connectivity index (χ0) is 26.9. The van der Waals surface area contributed by atoms with Crippen molar-refractivity contribution in [1.82, 2.24) is 0 Å². The second kappa shape index (κ2) is 12.3. The van der Waals surface area contributed by atoms with Crippen LogP contribution in [0.4, 0.5) is 0 Å². The lowest BCUT2D eigenvalue weighted by Gasteiger charge is -2.13. The summed E-state index contributed by atoms with van der Waals surface area (Å²) in [6.07, 6.45) is 3.74. The summed E-state index contributed by atoms with van der Waals surface area (Å²) in [5.74, 6) is 0.0301. The molecule has 0 bridgehead atoms. The molecular formula is C31H28O6. The third-order valence-electron chi connectivity index (χ3n) is 5.21. The van der Waals surface area contributed by atoms with Crippen molar-refractivity contribution in [3.05, 3.63) is 114 Å². The van der Waals surface area contributed by atoms with E-state index in [1.54, 1.807) is 62.4 Å². The third-order valence-corrected chi connectivity index (χ3v) is 5.21. The largest absolute Gasteiger partial charge is 0.489 e. The highest BCUT2D eigenvalue weighted by molar-refractivity contribution is 6.09. The van der Waals surface area contributed by atoms with Crippen LogP contribution in [0.3, 0.4) is 0 Å². The molecule has 0 N–H and O–H groups in total. The molecule has 0 amide bonds. The summed E-state index contributed by atoms with van der Waals surface area (Å²) in [4.78, 5) is 36.7. The van der Waals surface area contributed by atoms with Gasteiger partial charge in [-0.2, -0.15) is 0 Å². The van der Waals surface area contributed by atoms with Gasteiger partial charge in [-0.25, -0.2) is 9.59 Å². The molecule has 0 radical (unpaired) electrons. The van der Waals surface area contributed by atoms with Crippen molar-refractivity contribution >= 4 is 17.7 Å². The normalized spacial score (nSPS) is 10.6. The molecule has 0 saturated heterocycles. The molecule has 0 aliphatic heterocycles. The van der Waals surface area contributed by atoms with Gasteiger partial charge < -0.3 is 14.2 Å². The predicted octanol–water partition coefficient (Wildman–Crippen LogP) is 6.50. The quantitative estimate of drug-likeness (QED) is 0.105. The van der Waals surface area contributed by atoms with E-state index in [2.05, 4.69) is 13.2 Å². The molecule has 0 fully saturated rings. The zero-order valence-electron chi connectivity index (χ0n) is 21.1. The summed E-state index contributed by atoms with van der Waals surface area (Å²) in [5, 5.41) is 0. The van der Waals surface area contributed by atoms with Crippen LogP contribution in [0.25, 0.3) is 11.1 Å². The fraction of sp³-hybridized carbons (Fsp3) is 0.129. The molecule has 6 nitrogen and oxygen atoms in total. The van der Waals surface area contributed by atoms with Crippen molar-refractivity contribution in [2.45, 2.75) is 20.8 Å². The minimum Gasteiger partial charge on any atom is -0.489 e. The highest BCUT2D eigenvalue weighted by atomic mass is 16.5. The van der Waals surface area contributed by atoms with Crippen molar-refractivity contribution in [3.8, 4) is 28.4 Å². The molecule has 0 aromatic heterocycles. The van der Waals surface area contributed by atoms with Gasteiger partial charge in [0.15, 0.2) is 5.78 Å². The Morgan fingerprint density at radius 1 is 0.757 bits per heavy atom. The Bertz CT molecular complexity index is 1360. The Labute approximate surface area is 216 Å². The number of esters is 2. The summed E-state index contributed by atoms with van der Waals surface area (Å²) in [7, 11) is 0. The van der Waals surface area contributed by atoms with Gasteiger partial charge in [0.1, 0.15) is 23.9 Å². The Balaban J connectivity index is 1.87. The van der Waals surface area contributed by atoms with Gasteiger partial charge in [0.2, 0.25) is 0 Å². The Kier molecular flexibility index (Phi) is 8.95. The molecule has 0 aliphatic carbocycles. The first-order chi connectivity index (χ1) is 17.7. The maximum Gasteiger partial charge on any atom is 0.338 e. The van der Waals surface area contributed by atoms with Gasteiger partial charge in [0.05, 0.1) is 0 Å². The van der Waals surface area contributed by atoms with Crippen LogP contribution < -0.4 is 14.2 Å². The van der Waals surface area contributed by atoms with Crippen LogP contribution in [0.1, 0.15) is 36.7 Å². The topological polar surface area (TPSA) is 78.9 Å². The van der Waals surface area contributed by atoms with E-state index in [-0.39, 0.29) is 11.4 Å². The maximum absolute atomic E-state index is 13.2. The summed E-state index contributed by atoms with van der Waals surface area (Å²) in [6, 6.07) is 18.6. The first-order valence-electron chi connectivity index (χ1n) is 11.6. The number of ether oxygens (including phenoxy) is 3. The SMILES string of the molecule is C=C(C)C(=O)Oc1ccc(C(=O)c2ccc(-c3ccc(OC(=O)C(=C)C)cc3)c(OC/C=C/C)c2)cc1. The van der Waals surface area contributed by atoms with Gasteiger partial charge >= 0.3 is 11.9 Å². The summed E-state index contributed by atoms with van der Waals surface area (Å²) >= 11 is 0. The van der Waals surface area contributed by atoms with Crippen LogP contribution in [-0.4, -0.2) is 24.3 Å². The minimum atomic E-state index is -0.528. The van der Waals surface area contributed by atoms with Crippen LogP contribution in [-0.2, 0) is 9.59 Å². The van der Waals surface area contributed by atoms with E-state index in [0.717, 1.165) is 11.1 Å². The molecule has 0 aliphatic rings. The van der Waals surface area contributed by atoms with Crippen molar-refractivity contribution in [2.24, 2.45) is 0 Å². The molecule has 3 aromatic carbocycles. The van der Waals surface area contributed by atoms with Gasteiger partial charge in [0, 0.05) is 27.8 Å². The molecule has 0 spiro atoms. The molecule has 3 aromatic rings. The Morgan fingerprint density at radius 2 is 1.27 bits per heavy atom. The summed E-state index contributed by atoms with van der Waals surface area (Å²) in [6.45, 7) is 12.5. The third kappa shape index (κ3) is 7.15. The van der Waals surface area contributed by atoms with Gasteiger partial charge in [-0.1, -0.05) is 43.5 Å². The number of hydrogen-bond acceptors (Lipinski definition) is 6. The minimum absolute atomic E-state index is 0.206. The van der Waals surface area contributed by atoms with Gasteiger partial charge in [-0.05, 0) is 74.9 Å². The number of ketones is 1. The smallest absolute Gasteiger partial charge is 0.338 e. The van der Waals surface area contributed by atoms with E-state index in [0.29, 0.717) is 40.6 Å². The van der Waals surface area contributed by atoms with Gasteiger partial charge in [-0.15, -0.1) is 0 Å². The number of carbonyl (C=O) groups excluding carboxylic acids is 3. The molecule has 37 heavy (non-hydrogen) atoms. The lowest BCUT2D eigenvalue weighted by molar-refractivity contribution is -0.130. The summed E-state index contributed by atoms with van der Waals surface area (Å²) in [5.41, 5.74) is 3.08. The second-order valence-corrected chi connectivity index (χ2v) is 8.31. The van der Waals surface area contributed by atoms with Crippen molar-refractivity contribution < 1.29 is 28.6 Å². The van der Waals surface area contributed by atoms with Crippen LogP contribution in [0.2, 0.25) is 0 Å². The van der Waals surface area contributed by atoms with Gasteiger partial charge in [-0.3, -0.25) is 4.79 Å². The van der Waals surface area contributed by atoms with E-state index in [4.69, 9.17) is 14.2 Å². The maximum atomic E-state index is 13.2. The lowest BCUT2D eigenvalue weighted by Crippen LogP contribution is -2.08. The number of hydrogen-bond donors (Lipinski definition) is 0. The average Bonchev–Trinajstić information content (AvgIpc) is 2.89. The van der Waals surface area contributed by atoms with Crippen molar-refractivity contribution in [2.75, 3.05) is 6.61 Å².